The zero-order valence-electron chi connectivity index (χ0n) is 22.8. The van der Waals surface area contributed by atoms with Crippen LogP contribution in [0.25, 0.3) is 17.1 Å². The molecule has 0 spiro atoms. The molecule has 39 heavy (non-hydrogen) atoms. The smallest absolute Gasteiger partial charge is 0.239 e. The minimum Gasteiger partial charge on any atom is -0.494 e. The molecule has 0 aliphatic rings. The summed E-state index contributed by atoms with van der Waals surface area (Å²) in [6, 6.07) is 7.63. The normalized spacial score (nSPS) is 13.6. The second-order valence-electron chi connectivity index (χ2n) is 8.49. The molecule has 12 heteroatoms. The van der Waals surface area contributed by atoms with Crippen LogP contribution in [-0.2, 0) is 4.74 Å². The number of halogens is 1. The molecule has 3 heterocycles. The summed E-state index contributed by atoms with van der Waals surface area (Å²) in [5, 5.41) is 11.6. The molecule has 0 aliphatic carbocycles. The Balaban J connectivity index is 1.83. The minimum atomic E-state index is -0.547. The van der Waals surface area contributed by atoms with Crippen LogP contribution in [0.4, 0.5) is 5.95 Å². The van der Waals surface area contributed by atoms with Gasteiger partial charge in [0.2, 0.25) is 5.95 Å². The van der Waals surface area contributed by atoms with Gasteiger partial charge in [-0.25, -0.2) is 9.97 Å². The first kappa shape index (κ1) is 28.5. The average molecular weight is 570 g/mol. The van der Waals surface area contributed by atoms with Crippen molar-refractivity contribution >= 4 is 33.6 Å². The first-order chi connectivity index (χ1) is 18.9. The molecular formula is C27H32ClN7O3S. The van der Waals surface area contributed by atoms with Gasteiger partial charge in [0.25, 0.3) is 0 Å². The lowest BCUT2D eigenvalue weighted by Crippen LogP contribution is -2.22. The Hall–Kier alpha value is -3.54. The van der Waals surface area contributed by atoms with Gasteiger partial charge in [-0.1, -0.05) is 28.3 Å². The summed E-state index contributed by atoms with van der Waals surface area (Å²) in [6.07, 6.45) is 6.34. The van der Waals surface area contributed by atoms with Gasteiger partial charge in [0.1, 0.15) is 23.3 Å². The summed E-state index contributed by atoms with van der Waals surface area (Å²) in [5.41, 5.74) is 2.47. The number of rotatable bonds is 11. The lowest BCUT2D eigenvalue weighted by atomic mass is 10.2. The number of para-hydroxylation sites is 1. The SMILES string of the molecule is C/C=S(\Nc1nnc(-c2cncc(C)c2)n1-c1c(OC)cccc1OC)[C@@H](C)[C@H](OCC)c1ncc(Cl)cn1. The van der Waals surface area contributed by atoms with Gasteiger partial charge in [0.15, 0.2) is 11.6 Å². The van der Waals surface area contributed by atoms with Crippen LogP contribution in [0.5, 0.6) is 11.5 Å². The van der Waals surface area contributed by atoms with Crippen molar-refractivity contribution in [2.45, 2.75) is 39.0 Å². The number of aromatic nitrogens is 6. The summed E-state index contributed by atoms with van der Waals surface area (Å²) in [5.74, 6) is 2.87. The van der Waals surface area contributed by atoms with Gasteiger partial charge in [0.05, 0.1) is 19.2 Å². The van der Waals surface area contributed by atoms with Crippen molar-refractivity contribution in [1.29, 1.82) is 0 Å². The third-order valence-corrected chi connectivity index (χ3v) is 8.12. The Morgan fingerprint density at radius 2 is 1.77 bits per heavy atom. The molecule has 0 fully saturated rings. The second-order valence-corrected chi connectivity index (χ2v) is 11.1. The maximum Gasteiger partial charge on any atom is 0.239 e. The number of pyridine rings is 1. The van der Waals surface area contributed by atoms with Crippen molar-refractivity contribution in [2.75, 3.05) is 25.5 Å². The lowest BCUT2D eigenvalue weighted by molar-refractivity contribution is 0.0575. The maximum atomic E-state index is 6.11. The highest BCUT2D eigenvalue weighted by atomic mass is 35.5. The van der Waals surface area contributed by atoms with Crippen LogP contribution in [0.1, 0.15) is 38.3 Å². The third kappa shape index (κ3) is 6.21. The zero-order chi connectivity index (χ0) is 27.9. The summed E-state index contributed by atoms with van der Waals surface area (Å²) in [7, 11) is 2.69. The van der Waals surface area contributed by atoms with Crippen molar-refractivity contribution in [2.24, 2.45) is 0 Å². The number of benzene rings is 1. The van der Waals surface area contributed by atoms with E-state index < -0.39 is 10.7 Å². The molecule has 3 atom stereocenters. The van der Waals surface area contributed by atoms with Crippen molar-refractivity contribution in [3.63, 3.8) is 0 Å². The number of ether oxygens (including phenoxy) is 3. The van der Waals surface area contributed by atoms with Gasteiger partial charge in [-0.2, -0.15) is 0 Å². The summed E-state index contributed by atoms with van der Waals surface area (Å²) in [6.45, 7) is 8.51. The predicted octanol–water partition coefficient (Wildman–Crippen LogP) is 5.68. The van der Waals surface area contributed by atoms with Gasteiger partial charge >= 0.3 is 0 Å². The highest BCUT2D eigenvalue weighted by Gasteiger charge is 2.28. The first-order valence-electron chi connectivity index (χ1n) is 12.4. The fourth-order valence-electron chi connectivity index (χ4n) is 4.15. The van der Waals surface area contributed by atoms with Gasteiger partial charge in [-0.3, -0.25) is 9.55 Å². The highest BCUT2D eigenvalue weighted by Crippen LogP contribution is 2.40. The van der Waals surface area contributed by atoms with Crippen molar-refractivity contribution < 1.29 is 14.2 Å². The number of aryl methyl sites for hydroxylation is 1. The predicted molar refractivity (Wildman–Crippen MR) is 156 cm³/mol. The van der Waals surface area contributed by atoms with Crippen LogP contribution in [0.2, 0.25) is 5.02 Å². The first-order valence-corrected chi connectivity index (χ1v) is 14.1. The van der Waals surface area contributed by atoms with E-state index in [1.807, 2.05) is 49.6 Å². The van der Waals surface area contributed by atoms with Crippen molar-refractivity contribution in [1.82, 2.24) is 29.7 Å². The fourth-order valence-corrected chi connectivity index (χ4v) is 5.79. The standard InChI is InChI=1S/C27H32ClN7O3S/c1-7-38-24(25-30-15-20(28)16-31-25)18(4)39(8-2)34-27-33-32-26(19-12-17(3)13-29-14-19)35(27)23-21(36-5)10-9-11-22(23)37-6/h8-16,18,24H,7H2,1-6H3,(H,33,34)/t18-,24-,39?/m0/s1. The Kier molecular flexibility index (Phi) is 9.50. The zero-order valence-corrected chi connectivity index (χ0v) is 24.3. The number of nitrogens with one attached hydrogen (secondary N) is 1. The third-order valence-electron chi connectivity index (χ3n) is 5.95. The van der Waals surface area contributed by atoms with E-state index in [9.17, 15) is 0 Å². The number of hydrogen-bond acceptors (Lipinski definition) is 9. The van der Waals surface area contributed by atoms with Crippen LogP contribution in [-0.4, -0.2) is 61.2 Å². The Labute approximate surface area is 235 Å². The monoisotopic (exact) mass is 569 g/mol. The van der Waals surface area contributed by atoms with E-state index in [1.54, 1.807) is 39.0 Å². The van der Waals surface area contributed by atoms with Gasteiger partial charge < -0.3 is 18.9 Å². The molecule has 0 saturated carbocycles. The molecule has 1 unspecified atom stereocenters. The van der Waals surface area contributed by atoms with Crippen LogP contribution >= 0.6 is 22.3 Å². The van der Waals surface area contributed by atoms with E-state index >= 15 is 0 Å². The number of nitrogens with zero attached hydrogens (tertiary/aromatic N) is 6. The molecule has 0 bridgehead atoms. The second kappa shape index (κ2) is 13.0. The molecule has 0 aliphatic heterocycles. The fraction of sp³-hybridized carbons (Fsp3) is 0.333. The van der Waals surface area contributed by atoms with Crippen LogP contribution in [0.3, 0.4) is 0 Å². The van der Waals surface area contributed by atoms with Crippen LogP contribution in [0, 0.1) is 6.92 Å². The Morgan fingerprint density at radius 1 is 1.08 bits per heavy atom. The summed E-state index contributed by atoms with van der Waals surface area (Å²) in [4.78, 5) is 13.2. The van der Waals surface area contributed by atoms with Gasteiger partial charge in [0, 0.05) is 42.2 Å². The molecule has 206 valence electrons. The topological polar surface area (TPSA) is 109 Å². The maximum absolute atomic E-state index is 6.11. The van der Waals surface area contributed by atoms with Gasteiger partial charge in [-0.05, 0) is 56.8 Å². The molecule has 0 saturated heterocycles. The van der Waals surface area contributed by atoms with E-state index in [2.05, 4.69) is 42.2 Å². The molecular weight excluding hydrogens is 538 g/mol. The van der Waals surface area contributed by atoms with E-state index in [0.29, 0.717) is 46.4 Å². The van der Waals surface area contributed by atoms with E-state index in [4.69, 9.17) is 25.8 Å². The average Bonchev–Trinajstić information content (AvgIpc) is 3.37. The van der Waals surface area contributed by atoms with Crippen LogP contribution < -0.4 is 14.2 Å². The van der Waals surface area contributed by atoms with Gasteiger partial charge in [-0.15, -0.1) is 10.2 Å². The molecule has 0 radical (unpaired) electrons. The molecule has 4 rings (SSSR count). The number of anilines is 1. The summed E-state index contributed by atoms with van der Waals surface area (Å²) < 4.78 is 23.1. The molecule has 1 aromatic carbocycles. The lowest BCUT2D eigenvalue weighted by Gasteiger charge is -2.27. The largest absolute Gasteiger partial charge is 0.494 e. The highest BCUT2D eigenvalue weighted by molar-refractivity contribution is 8.16. The molecule has 3 aromatic heterocycles. The molecule has 0 amide bonds. The number of hydrogen-bond donors (Lipinski definition) is 1. The minimum absolute atomic E-state index is 0.0649. The van der Waals surface area contributed by atoms with E-state index in [-0.39, 0.29) is 11.4 Å². The van der Waals surface area contributed by atoms with Crippen molar-refractivity contribution in [3.8, 4) is 28.6 Å². The number of methoxy groups -OCH3 is 2. The summed E-state index contributed by atoms with van der Waals surface area (Å²) >= 11 is 6.03. The quantitative estimate of drug-likeness (QED) is 0.228. The van der Waals surface area contributed by atoms with Crippen LogP contribution in [0.15, 0.2) is 49.1 Å². The molecule has 1 N–H and O–H groups in total. The molecule has 10 nitrogen and oxygen atoms in total. The van der Waals surface area contributed by atoms with Crippen molar-refractivity contribution in [3.05, 3.63) is 65.5 Å². The molecule has 4 aromatic rings. The van der Waals surface area contributed by atoms with E-state index in [1.165, 1.54) is 0 Å². The Bertz CT molecular complexity index is 1420. The van der Waals surface area contributed by atoms with E-state index in [0.717, 1.165) is 11.1 Å². The Morgan fingerprint density at radius 3 is 2.36 bits per heavy atom.